The topological polar surface area (TPSA) is 51.0 Å². The van der Waals surface area contributed by atoms with E-state index in [2.05, 4.69) is 22.4 Å². The maximum Gasteiger partial charge on any atom is 0.226 e. The van der Waals surface area contributed by atoms with Crippen LogP contribution in [-0.2, 0) is 13.0 Å². The van der Waals surface area contributed by atoms with Crippen molar-refractivity contribution >= 4 is 0 Å². The van der Waals surface area contributed by atoms with Crippen molar-refractivity contribution < 1.29 is 4.52 Å². The van der Waals surface area contributed by atoms with Crippen molar-refractivity contribution in [2.24, 2.45) is 5.92 Å². The molecule has 90 valence electrons. The largest absolute Gasteiger partial charge is 0.339 e. The van der Waals surface area contributed by atoms with Crippen molar-refractivity contribution in [2.45, 2.75) is 52.0 Å². The first-order valence-corrected chi connectivity index (χ1v) is 6.40. The molecule has 4 heteroatoms. The molecule has 0 saturated heterocycles. The minimum absolute atomic E-state index is 0.712. The molecule has 0 aliphatic heterocycles. The summed E-state index contributed by atoms with van der Waals surface area (Å²) in [5.41, 5.74) is 0. The second kappa shape index (κ2) is 5.99. The number of nitrogens with one attached hydrogen (secondary N) is 1. The average Bonchev–Trinajstić information content (AvgIpc) is 2.95. The minimum atomic E-state index is 0.712. The lowest BCUT2D eigenvalue weighted by atomic mass is 10.0. The number of aryl methyl sites for hydroxylation is 1. The molecule has 16 heavy (non-hydrogen) atoms. The van der Waals surface area contributed by atoms with E-state index in [0.717, 1.165) is 30.6 Å². The first-order valence-electron chi connectivity index (χ1n) is 6.40. The summed E-state index contributed by atoms with van der Waals surface area (Å²) in [6.07, 6.45) is 7.74. The summed E-state index contributed by atoms with van der Waals surface area (Å²) in [4.78, 5) is 4.37. The third-order valence-corrected chi connectivity index (χ3v) is 3.28. The van der Waals surface area contributed by atoms with Gasteiger partial charge in [-0.25, -0.2) is 0 Å². The van der Waals surface area contributed by atoms with Crippen LogP contribution < -0.4 is 5.32 Å². The Kier molecular flexibility index (Phi) is 4.34. The SMILES string of the molecule is CCNCc1noc(CCC2CCCC2)n1. The van der Waals surface area contributed by atoms with Crippen LogP contribution >= 0.6 is 0 Å². The molecule has 0 spiro atoms. The Labute approximate surface area is 96.8 Å². The summed E-state index contributed by atoms with van der Waals surface area (Å²) < 4.78 is 5.22. The van der Waals surface area contributed by atoms with Crippen molar-refractivity contribution in [3.63, 3.8) is 0 Å². The number of nitrogens with zero attached hydrogens (tertiary/aromatic N) is 2. The van der Waals surface area contributed by atoms with Gasteiger partial charge in [0.25, 0.3) is 0 Å². The molecule has 1 heterocycles. The van der Waals surface area contributed by atoms with E-state index >= 15 is 0 Å². The number of hydrogen-bond acceptors (Lipinski definition) is 4. The second-order valence-corrected chi connectivity index (χ2v) is 4.57. The molecule has 1 aromatic heterocycles. The van der Waals surface area contributed by atoms with Crippen LogP contribution in [0.5, 0.6) is 0 Å². The van der Waals surface area contributed by atoms with E-state index < -0.39 is 0 Å². The van der Waals surface area contributed by atoms with Crippen LogP contribution in [0.15, 0.2) is 4.52 Å². The van der Waals surface area contributed by atoms with E-state index in [9.17, 15) is 0 Å². The van der Waals surface area contributed by atoms with Crippen LogP contribution in [0.25, 0.3) is 0 Å². The Morgan fingerprint density at radius 3 is 2.94 bits per heavy atom. The van der Waals surface area contributed by atoms with Gasteiger partial charge in [0.05, 0.1) is 6.54 Å². The van der Waals surface area contributed by atoms with E-state index in [1.165, 1.54) is 32.1 Å². The summed E-state index contributed by atoms with van der Waals surface area (Å²) in [7, 11) is 0. The Bertz CT molecular complexity index is 305. The average molecular weight is 223 g/mol. The maximum absolute atomic E-state index is 5.22. The Morgan fingerprint density at radius 1 is 1.38 bits per heavy atom. The standard InChI is InChI=1S/C12H21N3O/c1-2-13-9-11-14-12(16-15-11)8-7-10-5-3-4-6-10/h10,13H,2-9H2,1H3. The van der Waals surface area contributed by atoms with E-state index in [0.29, 0.717) is 6.54 Å². The van der Waals surface area contributed by atoms with Gasteiger partial charge in [-0.3, -0.25) is 0 Å². The van der Waals surface area contributed by atoms with Crippen molar-refractivity contribution in [3.05, 3.63) is 11.7 Å². The first-order chi connectivity index (χ1) is 7.88. The van der Waals surface area contributed by atoms with Crippen LogP contribution in [0.3, 0.4) is 0 Å². The molecular formula is C12H21N3O. The molecule has 1 N–H and O–H groups in total. The van der Waals surface area contributed by atoms with Crippen molar-refractivity contribution in [1.82, 2.24) is 15.5 Å². The van der Waals surface area contributed by atoms with Crippen molar-refractivity contribution in [1.29, 1.82) is 0 Å². The highest BCUT2D eigenvalue weighted by atomic mass is 16.5. The molecule has 1 aliphatic rings. The molecule has 0 radical (unpaired) electrons. The zero-order chi connectivity index (χ0) is 11.2. The Morgan fingerprint density at radius 2 is 2.19 bits per heavy atom. The number of hydrogen-bond donors (Lipinski definition) is 1. The van der Waals surface area contributed by atoms with Gasteiger partial charge < -0.3 is 9.84 Å². The fraction of sp³-hybridized carbons (Fsp3) is 0.833. The number of aromatic nitrogens is 2. The second-order valence-electron chi connectivity index (χ2n) is 4.57. The van der Waals surface area contributed by atoms with Crippen molar-refractivity contribution in [2.75, 3.05) is 6.54 Å². The molecule has 1 fully saturated rings. The number of rotatable bonds is 6. The quantitative estimate of drug-likeness (QED) is 0.804. The van der Waals surface area contributed by atoms with Gasteiger partial charge in [0, 0.05) is 6.42 Å². The highest BCUT2D eigenvalue weighted by Crippen LogP contribution is 2.28. The fourth-order valence-electron chi connectivity index (χ4n) is 2.33. The molecule has 0 amide bonds. The molecule has 0 unspecified atom stereocenters. The zero-order valence-corrected chi connectivity index (χ0v) is 10.0. The lowest BCUT2D eigenvalue weighted by molar-refractivity contribution is 0.357. The van der Waals surface area contributed by atoms with Gasteiger partial charge in [-0.2, -0.15) is 4.98 Å². The molecule has 1 aliphatic carbocycles. The molecule has 0 aromatic carbocycles. The third kappa shape index (κ3) is 3.30. The molecule has 4 nitrogen and oxygen atoms in total. The van der Waals surface area contributed by atoms with Gasteiger partial charge in [0.2, 0.25) is 5.89 Å². The van der Waals surface area contributed by atoms with Crippen LogP contribution in [0.4, 0.5) is 0 Å². The van der Waals surface area contributed by atoms with Crippen LogP contribution in [-0.4, -0.2) is 16.7 Å². The summed E-state index contributed by atoms with van der Waals surface area (Å²) in [5, 5.41) is 7.14. The monoisotopic (exact) mass is 223 g/mol. The van der Waals surface area contributed by atoms with Gasteiger partial charge in [-0.1, -0.05) is 37.8 Å². The Balaban J connectivity index is 1.73. The first kappa shape index (κ1) is 11.6. The van der Waals surface area contributed by atoms with Gasteiger partial charge in [0.1, 0.15) is 0 Å². The highest BCUT2D eigenvalue weighted by molar-refractivity contribution is 4.86. The van der Waals surface area contributed by atoms with Gasteiger partial charge >= 0.3 is 0 Å². The predicted molar refractivity (Wildman–Crippen MR) is 62.0 cm³/mol. The van der Waals surface area contributed by atoms with Gasteiger partial charge in [-0.15, -0.1) is 0 Å². The van der Waals surface area contributed by atoms with Crippen LogP contribution in [0.2, 0.25) is 0 Å². The van der Waals surface area contributed by atoms with E-state index in [-0.39, 0.29) is 0 Å². The molecule has 1 aromatic rings. The Hall–Kier alpha value is -0.900. The molecule has 0 atom stereocenters. The van der Waals surface area contributed by atoms with Crippen molar-refractivity contribution in [3.8, 4) is 0 Å². The highest BCUT2D eigenvalue weighted by Gasteiger charge is 2.16. The lowest BCUT2D eigenvalue weighted by Crippen LogP contribution is -2.12. The summed E-state index contributed by atoms with van der Waals surface area (Å²) in [6.45, 7) is 3.72. The smallest absolute Gasteiger partial charge is 0.226 e. The maximum atomic E-state index is 5.22. The molecule has 2 rings (SSSR count). The van der Waals surface area contributed by atoms with Crippen LogP contribution in [0, 0.1) is 5.92 Å². The fourth-order valence-corrected chi connectivity index (χ4v) is 2.33. The minimum Gasteiger partial charge on any atom is -0.339 e. The van der Waals surface area contributed by atoms with E-state index in [1.54, 1.807) is 0 Å². The normalized spacial score (nSPS) is 17.1. The van der Waals surface area contributed by atoms with E-state index in [1.807, 2.05) is 0 Å². The van der Waals surface area contributed by atoms with E-state index in [4.69, 9.17) is 4.52 Å². The summed E-state index contributed by atoms with van der Waals surface area (Å²) in [5.74, 6) is 2.48. The third-order valence-electron chi connectivity index (χ3n) is 3.28. The summed E-state index contributed by atoms with van der Waals surface area (Å²) >= 11 is 0. The summed E-state index contributed by atoms with van der Waals surface area (Å²) in [6, 6.07) is 0. The van der Waals surface area contributed by atoms with Crippen LogP contribution in [0.1, 0.15) is 50.7 Å². The van der Waals surface area contributed by atoms with Gasteiger partial charge in [-0.05, 0) is 18.9 Å². The molecular weight excluding hydrogens is 202 g/mol. The predicted octanol–water partition coefficient (Wildman–Crippen LogP) is 2.30. The molecule has 1 saturated carbocycles. The zero-order valence-electron chi connectivity index (χ0n) is 10.0. The van der Waals surface area contributed by atoms with Gasteiger partial charge in [0.15, 0.2) is 5.82 Å². The lowest BCUT2D eigenvalue weighted by Gasteiger charge is -2.04. The molecule has 0 bridgehead atoms.